The minimum Gasteiger partial charge on any atom is -0.352 e. The third-order valence-corrected chi connectivity index (χ3v) is 10.9. The van der Waals surface area contributed by atoms with Crippen LogP contribution in [-0.4, -0.2) is 43.8 Å². The molecule has 0 radical (unpaired) electrons. The fourth-order valence-electron chi connectivity index (χ4n) is 6.20. The van der Waals surface area contributed by atoms with E-state index in [4.69, 9.17) is 11.6 Å². The Balaban J connectivity index is 1.58. The predicted molar refractivity (Wildman–Crippen MR) is 188 cm³/mol. The van der Waals surface area contributed by atoms with E-state index >= 15 is 0 Å². The Hall–Kier alpha value is -4.14. The molecule has 0 aromatic heterocycles. The van der Waals surface area contributed by atoms with Crippen molar-refractivity contribution < 1.29 is 18.0 Å². The van der Waals surface area contributed by atoms with Crippen LogP contribution < -0.4 is 9.62 Å². The fraction of sp³-hybridized carbons (Fsp3) is 0.316. The summed E-state index contributed by atoms with van der Waals surface area (Å²) in [5.74, 6) is -0.718. The highest BCUT2D eigenvalue weighted by Gasteiger charge is 2.36. The summed E-state index contributed by atoms with van der Waals surface area (Å²) < 4.78 is 29.6. The molecule has 0 heterocycles. The van der Waals surface area contributed by atoms with E-state index in [-0.39, 0.29) is 29.8 Å². The topological polar surface area (TPSA) is 86.8 Å². The Morgan fingerprint density at radius 1 is 0.830 bits per heavy atom. The number of halogens is 1. The first-order chi connectivity index (χ1) is 22.6. The molecule has 4 aromatic carbocycles. The van der Waals surface area contributed by atoms with Gasteiger partial charge in [0.25, 0.3) is 10.0 Å². The van der Waals surface area contributed by atoms with E-state index in [1.165, 1.54) is 12.1 Å². The SMILES string of the molecule is Cc1ccccc1CN(C(=O)CN(c1ccc(Cl)cc1C)S(=O)(=O)c1ccccc1)[C@@H](Cc1ccccc1)C(=O)NC1CCCCC1. The largest absolute Gasteiger partial charge is 0.352 e. The number of hydrogen-bond donors (Lipinski definition) is 1. The summed E-state index contributed by atoms with van der Waals surface area (Å²) in [6.07, 6.45) is 5.32. The van der Waals surface area contributed by atoms with Crippen molar-refractivity contribution in [1.82, 2.24) is 10.2 Å². The lowest BCUT2D eigenvalue weighted by molar-refractivity contribution is -0.140. The van der Waals surface area contributed by atoms with Crippen molar-refractivity contribution in [3.8, 4) is 0 Å². The molecule has 1 aliphatic carbocycles. The van der Waals surface area contributed by atoms with Gasteiger partial charge in [0.2, 0.25) is 11.8 Å². The van der Waals surface area contributed by atoms with Crippen LogP contribution in [0.3, 0.4) is 0 Å². The van der Waals surface area contributed by atoms with Crippen LogP contribution in [0, 0.1) is 13.8 Å². The van der Waals surface area contributed by atoms with Crippen molar-refractivity contribution in [1.29, 1.82) is 0 Å². The van der Waals surface area contributed by atoms with Crippen LogP contribution in [0.1, 0.15) is 54.4 Å². The molecular formula is C38H42ClN3O4S. The van der Waals surface area contributed by atoms with Crippen molar-refractivity contribution >= 4 is 39.1 Å². The fourth-order valence-corrected chi connectivity index (χ4v) is 7.93. The normalized spacial score (nSPS) is 14.3. The molecule has 5 rings (SSSR count). The molecule has 0 bridgehead atoms. The van der Waals surface area contributed by atoms with Gasteiger partial charge in [-0.25, -0.2) is 8.42 Å². The quantitative estimate of drug-likeness (QED) is 0.172. The maximum absolute atomic E-state index is 14.7. The van der Waals surface area contributed by atoms with E-state index in [1.807, 2.05) is 61.5 Å². The lowest BCUT2D eigenvalue weighted by Crippen LogP contribution is -2.55. The Labute approximate surface area is 283 Å². The van der Waals surface area contributed by atoms with Gasteiger partial charge in [0, 0.05) is 24.0 Å². The Kier molecular flexibility index (Phi) is 11.4. The van der Waals surface area contributed by atoms with Gasteiger partial charge in [-0.1, -0.05) is 104 Å². The third-order valence-electron chi connectivity index (χ3n) is 8.86. The van der Waals surface area contributed by atoms with Gasteiger partial charge in [0.15, 0.2) is 0 Å². The predicted octanol–water partition coefficient (Wildman–Crippen LogP) is 7.24. The van der Waals surface area contributed by atoms with Crippen molar-refractivity contribution in [3.05, 3.63) is 130 Å². The molecule has 1 saturated carbocycles. The molecule has 1 N–H and O–H groups in total. The van der Waals surface area contributed by atoms with Crippen LogP contribution >= 0.6 is 11.6 Å². The molecular weight excluding hydrogens is 630 g/mol. The van der Waals surface area contributed by atoms with Crippen molar-refractivity contribution in [2.45, 2.75) is 75.9 Å². The number of hydrogen-bond acceptors (Lipinski definition) is 4. The number of benzene rings is 4. The average Bonchev–Trinajstić information content (AvgIpc) is 3.07. The van der Waals surface area contributed by atoms with Crippen LogP contribution in [0.2, 0.25) is 5.02 Å². The highest BCUT2D eigenvalue weighted by Crippen LogP contribution is 2.30. The first kappa shape index (κ1) is 34.2. The lowest BCUT2D eigenvalue weighted by Gasteiger charge is -2.35. The van der Waals surface area contributed by atoms with E-state index in [2.05, 4.69) is 5.32 Å². The van der Waals surface area contributed by atoms with Crippen LogP contribution in [-0.2, 0) is 32.6 Å². The zero-order chi connectivity index (χ0) is 33.4. The second kappa shape index (κ2) is 15.6. The standard InChI is InChI=1S/C38H42ClN3O4S/c1-28-14-12-13-17-31(28)26-41(36(25-30-15-6-3-7-16-30)38(44)40-33-18-8-4-9-19-33)37(43)27-42(35-23-22-32(39)24-29(35)2)47(45,46)34-20-10-5-11-21-34/h3,5-7,10-17,20-24,33,36H,4,8-9,18-19,25-27H2,1-2H3,(H,40,44)/t36-/m0/s1. The summed E-state index contributed by atoms with van der Waals surface area (Å²) in [5, 5.41) is 3.71. The number of sulfonamides is 1. The summed E-state index contributed by atoms with van der Waals surface area (Å²) in [5.41, 5.74) is 3.70. The average molecular weight is 672 g/mol. The number of amides is 2. The van der Waals surface area contributed by atoms with Crippen LogP contribution in [0.5, 0.6) is 0 Å². The Morgan fingerprint density at radius 2 is 1.47 bits per heavy atom. The molecule has 4 aromatic rings. The van der Waals surface area contributed by atoms with E-state index in [0.29, 0.717) is 16.3 Å². The number of nitrogens with one attached hydrogen (secondary N) is 1. The van der Waals surface area contributed by atoms with Gasteiger partial charge in [0.05, 0.1) is 10.6 Å². The second-order valence-corrected chi connectivity index (χ2v) is 14.6. The molecule has 7 nitrogen and oxygen atoms in total. The number of aryl methyl sites for hydroxylation is 2. The van der Waals surface area contributed by atoms with E-state index in [0.717, 1.165) is 53.1 Å². The number of rotatable bonds is 12. The maximum atomic E-state index is 14.7. The second-order valence-electron chi connectivity index (χ2n) is 12.3. The molecule has 0 saturated heterocycles. The summed E-state index contributed by atoms with van der Waals surface area (Å²) in [6, 6.07) is 29.5. The summed E-state index contributed by atoms with van der Waals surface area (Å²) in [4.78, 5) is 30.6. The first-order valence-electron chi connectivity index (χ1n) is 16.2. The highest BCUT2D eigenvalue weighted by atomic mass is 35.5. The summed E-state index contributed by atoms with van der Waals surface area (Å²) >= 11 is 6.26. The molecule has 9 heteroatoms. The van der Waals surface area contributed by atoms with Crippen LogP contribution in [0.25, 0.3) is 0 Å². The van der Waals surface area contributed by atoms with Crippen LogP contribution in [0.4, 0.5) is 5.69 Å². The molecule has 47 heavy (non-hydrogen) atoms. The van der Waals surface area contributed by atoms with Gasteiger partial charge >= 0.3 is 0 Å². The zero-order valence-electron chi connectivity index (χ0n) is 26.9. The van der Waals surface area contributed by atoms with Gasteiger partial charge in [-0.05, 0) is 79.3 Å². The van der Waals surface area contributed by atoms with Crippen molar-refractivity contribution in [2.24, 2.45) is 0 Å². The molecule has 0 spiro atoms. The molecule has 1 atom stereocenters. The van der Waals surface area contributed by atoms with Gasteiger partial charge in [-0.3, -0.25) is 13.9 Å². The van der Waals surface area contributed by atoms with Crippen molar-refractivity contribution in [3.63, 3.8) is 0 Å². The van der Waals surface area contributed by atoms with E-state index in [9.17, 15) is 18.0 Å². The minimum absolute atomic E-state index is 0.0385. The third kappa shape index (κ3) is 8.62. The first-order valence-corrected chi connectivity index (χ1v) is 18.0. The van der Waals surface area contributed by atoms with Gasteiger partial charge in [-0.15, -0.1) is 0 Å². The molecule has 1 aliphatic rings. The maximum Gasteiger partial charge on any atom is 0.264 e. The summed E-state index contributed by atoms with van der Waals surface area (Å²) in [7, 11) is -4.18. The molecule has 246 valence electrons. The number of nitrogens with zero attached hydrogens (tertiary/aromatic N) is 2. The Morgan fingerprint density at radius 3 is 2.13 bits per heavy atom. The zero-order valence-corrected chi connectivity index (χ0v) is 28.5. The number of carbonyl (C=O) groups is 2. The molecule has 0 aliphatic heterocycles. The Bertz CT molecular complexity index is 1780. The molecule has 1 fully saturated rings. The number of carbonyl (C=O) groups excluding carboxylic acids is 2. The highest BCUT2D eigenvalue weighted by molar-refractivity contribution is 7.92. The summed E-state index contributed by atoms with van der Waals surface area (Å²) in [6.45, 7) is 3.36. The van der Waals surface area contributed by atoms with Gasteiger partial charge < -0.3 is 10.2 Å². The lowest BCUT2D eigenvalue weighted by atomic mass is 9.94. The number of anilines is 1. The molecule has 2 amide bonds. The molecule has 0 unspecified atom stereocenters. The van der Waals surface area contributed by atoms with Crippen molar-refractivity contribution in [2.75, 3.05) is 10.8 Å². The smallest absolute Gasteiger partial charge is 0.264 e. The van der Waals surface area contributed by atoms with E-state index < -0.39 is 28.5 Å². The van der Waals surface area contributed by atoms with E-state index in [1.54, 1.807) is 48.2 Å². The van der Waals surface area contributed by atoms with Gasteiger partial charge in [0.1, 0.15) is 12.6 Å². The van der Waals surface area contributed by atoms with Gasteiger partial charge in [-0.2, -0.15) is 0 Å². The van der Waals surface area contributed by atoms with Crippen LogP contribution in [0.15, 0.2) is 108 Å². The monoisotopic (exact) mass is 671 g/mol. The minimum atomic E-state index is -4.18.